The first-order valence-electron chi connectivity index (χ1n) is 13.1. The molecule has 0 aliphatic carbocycles. The Morgan fingerprint density at radius 1 is 0.875 bits per heavy atom. The van der Waals surface area contributed by atoms with Gasteiger partial charge in [0.2, 0.25) is 5.95 Å². The van der Waals surface area contributed by atoms with Crippen LogP contribution in [0, 0.1) is 5.92 Å². The fraction of sp³-hybridized carbons (Fsp3) is 0.464. The number of hydrogen-bond donors (Lipinski definition) is 1. The molecular formula is C28H32F6N6. The van der Waals surface area contributed by atoms with Gasteiger partial charge in [-0.05, 0) is 68.6 Å². The van der Waals surface area contributed by atoms with Crippen LogP contribution < -0.4 is 10.2 Å². The third-order valence-corrected chi connectivity index (χ3v) is 6.96. The second-order valence-electron chi connectivity index (χ2n) is 10.2. The van der Waals surface area contributed by atoms with E-state index in [4.69, 9.17) is 9.97 Å². The van der Waals surface area contributed by atoms with Gasteiger partial charge in [-0.3, -0.25) is 4.98 Å². The number of nitrogens with zero attached hydrogens (tertiary/aromatic N) is 5. The minimum absolute atomic E-state index is 0.596. The summed E-state index contributed by atoms with van der Waals surface area (Å²) in [7, 11) is 2.09. The van der Waals surface area contributed by atoms with Gasteiger partial charge in [-0.2, -0.15) is 31.3 Å². The number of anilines is 3. The molecule has 0 amide bonds. The Labute approximate surface area is 229 Å². The molecule has 6 nitrogen and oxygen atoms in total. The first kappa shape index (κ1) is 29.6. The molecule has 1 aromatic carbocycles. The van der Waals surface area contributed by atoms with Crippen molar-refractivity contribution in [3.63, 3.8) is 0 Å². The van der Waals surface area contributed by atoms with E-state index in [9.17, 15) is 26.3 Å². The lowest BCUT2D eigenvalue weighted by molar-refractivity contribution is -0.138. The van der Waals surface area contributed by atoms with E-state index in [0.717, 1.165) is 87.0 Å². The average molecular weight is 567 g/mol. The van der Waals surface area contributed by atoms with Crippen molar-refractivity contribution in [1.29, 1.82) is 0 Å². The van der Waals surface area contributed by atoms with E-state index in [2.05, 4.69) is 34.1 Å². The van der Waals surface area contributed by atoms with Crippen LogP contribution in [0.25, 0.3) is 0 Å². The van der Waals surface area contributed by atoms with Gasteiger partial charge in [0.1, 0.15) is 5.82 Å². The van der Waals surface area contributed by atoms with Crippen LogP contribution in [0.1, 0.15) is 42.1 Å². The number of benzene rings is 1. The molecule has 3 aromatic rings. The number of piperidine rings is 1. The Kier molecular flexibility index (Phi) is 9.17. The first-order valence-corrected chi connectivity index (χ1v) is 13.1. The Hall–Kier alpha value is -3.41. The highest BCUT2D eigenvalue weighted by molar-refractivity contribution is 5.62. The van der Waals surface area contributed by atoms with Crippen molar-refractivity contribution in [3.05, 3.63) is 71.2 Å². The van der Waals surface area contributed by atoms with Crippen LogP contribution in [-0.4, -0.2) is 53.1 Å². The van der Waals surface area contributed by atoms with E-state index < -0.39 is 23.5 Å². The van der Waals surface area contributed by atoms with Gasteiger partial charge in [-0.1, -0.05) is 6.92 Å². The van der Waals surface area contributed by atoms with Crippen LogP contribution in [0.4, 0.5) is 43.8 Å². The van der Waals surface area contributed by atoms with Gasteiger partial charge in [-0.25, -0.2) is 4.98 Å². The molecule has 1 atom stereocenters. The molecule has 5 rings (SSSR count). The number of rotatable bonds is 3. The highest BCUT2D eigenvalue weighted by Crippen LogP contribution is 2.32. The van der Waals surface area contributed by atoms with Crippen molar-refractivity contribution in [2.45, 2.75) is 45.0 Å². The fourth-order valence-corrected chi connectivity index (χ4v) is 4.72. The van der Waals surface area contributed by atoms with Gasteiger partial charge in [0.15, 0.2) is 0 Å². The van der Waals surface area contributed by atoms with Crippen LogP contribution in [0.3, 0.4) is 0 Å². The van der Waals surface area contributed by atoms with Crippen molar-refractivity contribution in [2.24, 2.45) is 5.92 Å². The zero-order valence-electron chi connectivity index (χ0n) is 22.4. The molecule has 0 spiro atoms. The van der Waals surface area contributed by atoms with Crippen molar-refractivity contribution in [1.82, 2.24) is 19.9 Å². The number of pyridine rings is 1. The molecule has 0 bridgehead atoms. The molecule has 2 aromatic heterocycles. The quantitative estimate of drug-likeness (QED) is 0.361. The topological polar surface area (TPSA) is 57.2 Å². The van der Waals surface area contributed by atoms with Crippen LogP contribution in [0.2, 0.25) is 0 Å². The zero-order valence-corrected chi connectivity index (χ0v) is 22.4. The average Bonchev–Trinajstić information content (AvgIpc) is 3.10. The number of aromatic nitrogens is 3. The molecule has 2 aliphatic heterocycles. The number of likely N-dealkylation sites (N-methyl/N-ethyl adjacent to an activating group) is 1. The van der Waals surface area contributed by atoms with Gasteiger partial charge in [0.25, 0.3) is 0 Å². The molecule has 40 heavy (non-hydrogen) atoms. The SMILES string of the molecule is CC1CCCN(c2nc3c(c(Nc4ccc(C(F)(F)F)cc4)n2)CCN(C)CC3)C1.FC(F)(F)c1cccnc1. The highest BCUT2D eigenvalue weighted by atomic mass is 19.4. The Bertz CT molecular complexity index is 1250. The predicted molar refractivity (Wildman–Crippen MR) is 142 cm³/mol. The van der Waals surface area contributed by atoms with E-state index >= 15 is 0 Å². The summed E-state index contributed by atoms with van der Waals surface area (Å²) in [5.41, 5.74) is 1.33. The summed E-state index contributed by atoms with van der Waals surface area (Å²) in [5.74, 6) is 2.03. The lowest BCUT2D eigenvalue weighted by atomic mass is 10.0. The van der Waals surface area contributed by atoms with E-state index in [1.807, 2.05) is 0 Å². The number of alkyl halides is 6. The molecule has 216 valence electrons. The Balaban J connectivity index is 0.000000312. The largest absolute Gasteiger partial charge is 0.417 e. The number of fused-ring (bicyclic) bond motifs is 1. The molecular weight excluding hydrogens is 534 g/mol. The summed E-state index contributed by atoms with van der Waals surface area (Å²) in [4.78, 5) is 17.6. The monoisotopic (exact) mass is 566 g/mol. The second-order valence-corrected chi connectivity index (χ2v) is 10.2. The normalized spacial score (nSPS) is 18.3. The standard InChI is InChI=1S/C22H28F3N5.C6H4F3N/c1-15-4-3-11-30(14-15)21-27-19-10-13-29(2)12-9-18(19)20(28-21)26-17-7-5-16(6-8-17)22(23,24)25;7-6(8,9)5-2-1-3-10-4-5/h5-8,15H,3-4,9-14H2,1-2H3,(H,26,27,28);1-4H. The third-order valence-electron chi connectivity index (χ3n) is 6.96. The summed E-state index contributed by atoms with van der Waals surface area (Å²) in [6, 6.07) is 7.35. The summed E-state index contributed by atoms with van der Waals surface area (Å²) >= 11 is 0. The molecule has 1 fully saturated rings. The van der Waals surface area contributed by atoms with E-state index in [-0.39, 0.29) is 0 Å². The lowest BCUT2D eigenvalue weighted by Gasteiger charge is -2.31. The molecule has 0 saturated carbocycles. The first-order chi connectivity index (χ1) is 18.9. The summed E-state index contributed by atoms with van der Waals surface area (Å²) in [6.45, 7) is 5.94. The molecule has 12 heteroatoms. The summed E-state index contributed by atoms with van der Waals surface area (Å²) < 4.78 is 73.9. The molecule has 1 saturated heterocycles. The summed E-state index contributed by atoms with van der Waals surface area (Å²) in [6.07, 6.45) is -2.54. The maximum atomic E-state index is 12.9. The van der Waals surface area contributed by atoms with Gasteiger partial charge in [-0.15, -0.1) is 0 Å². The van der Waals surface area contributed by atoms with Gasteiger partial charge >= 0.3 is 12.4 Å². The fourth-order valence-electron chi connectivity index (χ4n) is 4.72. The van der Waals surface area contributed by atoms with Crippen molar-refractivity contribution in [3.8, 4) is 0 Å². The van der Waals surface area contributed by atoms with Crippen LogP contribution in [0.15, 0.2) is 48.8 Å². The number of nitrogens with one attached hydrogen (secondary N) is 1. The Morgan fingerprint density at radius 3 is 2.17 bits per heavy atom. The smallest absolute Gasteiger partial charge is 0.340 e. The van der Waals surface area contributed by atoms with Gasteiger partial charge < -0.3 is 15.1 Å². The van der Waals surface area contributed by atoms with Gasteiger partial charge in [0.05, 0.1) is 16.8 Å². The highest BCUT2D eigenvalue weighted by Gasteiger charge is 2.31. The number of hydrogen-bond acceptors (Lipinski definition) is 6. The minimum atomic E-state index is -4.34. The zero-order chi connectivity index (χ0) is 28.9. The van der Waals surface area contributed by atoms with E-state index in [1.165, 1.54) is 30.8 Å². The molecule has 1 unspecified atom stereocenters. The molecule has 1 N–H and O–H groups in total. The third kappa shape index (κ3) is 7.83. The maximum Gasteiger partial charge on any atom is 0.417 e. The van der Waals surface area contributed by atoms with Crippen LogP contribution >= 0.6 is 0 Å². The Morgan fingerprint density at radius 2 is 1.57 bits per heavy atom. The molecule has 2 aliphatic rings. The second kappa shape index (κ2) is 12.4. The van der Waals surface area contributed by atoms with E-state index in [0.29, 0.717) is 17.4 Å². The number of halogens is 6. The van der Waals surface area contributed by atoms with Crippen molar-refractivity contribution < 1.29 is 26.3 Å². The van der Waals surface area contributed by atoms with E-state index in [1.54, 1.807) is 0 Å². The maximum absolute atomic E-state index is 12.9. The molecule has 4 heterocycles. The van der Waals surface area contributed by atoms with Crippen molar-refractivity contribution >= 4 is 17.5 Å². The van der Waals surface area contributed by atoms with Crippen molar-refractivity contribution in [2.75, 3.05) is 43.4 Å². The minimum Gasteiger partial charge on any atom is -0.340 e. The van der Waals surface area contributed by atoms with Crippen LogP contribution in [0.5, 0.6) is 0 Å². The summed E-state index contributed by atoms with van der Waals surface area (Å²) in [5, 5.41) is 3.28. The van der Waals surface area contributed by atoms with Gasteiger partial charge in [0, 0.05) is 56.2 Å². The van der Waals surface area contributed by atoms with Crippen LogP contribution in [-0.2, 0) is 25.2 Å². The molecule has 0 radical (unpaired) electrons. The lowest BCUT2D eigenvalue weighted by Crippen LogP contribution is -2.36. The predicted octanol–water partition coefficient (Wildman–Crippen LogP) is 6.61.